The molecule has 1 amide bonds. The monoisotopic (exact) mass is 482 g/mol. The van der Waals surface area contributed by atoms with Crippen LogP contribution in [0, 0.1) is 0 Å². The summed E-state index contributed by atoms with van der Waals surface area (Å²) < 4.78 is 7.94. The van der Waals surface area contributed by atoms with E-state index in [9.17, 15) is 4.79 Å². The van der Waals surface area contributed by atoms with Gasteiger partial charge in [-0.25, -0.2) is 0 Å². The lowest BCUT2D eigenvalue weighted by Crippen LogP contribution is -2.32. The van der Waals surface area contributed by atoms with Gasteiger partial charge in [-0.15, -0.1) is 10.2 Å². The third-order valence-electron chi connectivity index (χ3n) is 6.27. The van der Waals surface area contributed by atoms with Crippen molar-refractivity contribution in [3.8, 4) is 11.4 Å². The Morgan fingerprint density at radius 2 is 1.97 bits per heavy atom. The number of carbonyl (C=O) groups is 1. The van der Waals surface area contributed by atoms with Crippen LogP contribution < -0.4 is 5.32 Å². The van der Waals surface area contributed by atoms with Crippen molar-refractivity contribution in [2.45, 2.75) is 56.0 Å². The lowest BCUT2D eigenvalue weighted by atomic mass is 9.88. The van der Waals surface area contributed by atoms with Crippen LogP contribution in [0.4, 0.5) is 0 Å². The zero-order valence-electron chi connectivity index (χ0n) is 18.4. The summed E-state index contributed by atoms with van der Waals surface area (Å²) in [4.78, 5) is 12.8. The molecule has 8 heteroatoms. The van der Waals surface area contributed by atoms with Gasteiger partial charge in [0.05, 0.1) is 24.4 Å². The van der Waals surface area contributed by atoms with Gasteiger partial charge in [0.1, 0.15) is 0 Å². The second kappa shape index (κ2) is 10.3. The van der Waals surface area contributed by atoms with E-state index < -0.39 is 0 Å². The van der Waals surface area contributed by atoms with E-state index in [4.69, 9.17) is 16.3 Å². The third-order valence-corrected chi connectivity index (χ3v) is 7.49. The quantitative estimate of drug-likeness (QED) is 0.476. The summed E-state index contributed by atoms with van der Waals surface area (Å²) in [5, 5.41) is 13.5. The van der Waals surface area contributed by atoms with Gasteiger partial charge in [-0.1, -0.05) is 47.6 Å². The Labute approximate surface area is 203 Å². The van der Waals surface area contributed by atoms with E-state index in [1.54, 1.807) is 0 Å². The van der Waals surface area contributed by atoms with Gasteiger partial charge in [0.15, 0.2) is 11.0 Å². The maximum atomic E-state index is 12.8. The first-order valence-corrected chi connectivity index (χ1v) is 12.8. The van der Waals surface area contributed by atoms with Gasteiger partial charge in [-0.2, -0.15) is 0 Å². The number of thioether (sulfide) groups is 1. The first kappa shape index (κ1) is 22.4. The van der Waals surface area contributed by atoms with Crippen molar-refractivity contribution in [1.29, 1.82) is 0 Å². The van der Waals surface area contributed by atoms with Gasteiger partial charge in [-0.05, 0) is 67.5 Å². The molecule has 0 spiro atoms. The van der Waals surface area contributed by atoms with E-state index in [2.05, 4.69) is 38.3 Å². The molecule has 33 heavy (non-hydrogen) atoms. The Bertz CT molecular complexity index is 1110. The molecule has 0 unspecified atom stereocenters. The molecule has 2 heterocycles. The minimum Gasteiger partial charge on any atom is -0.376 e. The molecule has 6 nitrogen and oxygen atoms in total. The SMILES string of the molecule is O=C(CSc1nnc(-c2ccc(Cl)cc2)n1C[C@@H]1CCCO1)N[C@@H]1CCCc2ccccc21. The number of hydrogen-bond donors (Lipinski definition) is 1. The average Bonchev–Trinajstić information content (AvgIpc) is 3.49. The number of hydrogen-bond acceptors (Lipinski definition) is 5. The van der Waals surface area contributed by atoms with Crippen LogP contribution in [0.5, 0.6) is 0 Å². The number of rotatable bonds is 7. The van der Waals surface area contributed by atoms with Crippen LogP contribution in [-0.4, -0.2) is 39.1 Å². The van der Waals surface area contributed by atoms with Crippen molar-refractivity contribution in [3.05, 3.63) is 64.7 Å². The zero-order chi connectivity index (χ0) is 22.6. The number of amides is 1. The third kappa shape index (κ3) is 5.26. The number of aryl methyl sites for hydroxylation is 1. The van der Waals surface area contributed by atoms with Crippen molar-refractivity contribution >= 4 is 29.3 Å². The predicted octanol–water partition coefficient (Wildman–Crippen LogP) is 5.06. The first-order chi connectivity index (χ1) is 16.2. The molecule has 5 rings (SSSR count). The highest BCUT2D eigenvalue weighted by Crippen LogP contribution is 2.30. The van der Waals surface area contributed by atoms with Crippen LogP contribution in [0.3, 0.4) is 0 Å². The molecule has 1 aromatic heterocycles. The summed E-state index contributed by atoms with van der Waals surface area (Å²) >= 11 is 7.49. The molecule has 2 aliphatic rings. The Balaban J connectivity index is 1.30. The van der Waals surface area contributed by atoms with E-state index in [1.807, 2.05) is 30.3 Å². The summed E-state index contributed by atoms with van der Waals surface area (Å²) in [6.45, 7) is 1.46. The van der Waals surface area contributed by atoms with Crippen LogP contribution in [0.15, 0.2) is 53.7 Å². The summed E-state index contributed by atoms with van der Waals surface area (Å²) in [6.07, 6.45) is 5.37. The van der Waals surface area contributed by atoms with Gasteiger partial charge >= 0.3 is 0 Å². The predicted molar refractivity (Wildman–Crippen MR) is 130 cm³/mol. The van der Waals surface area contributed by atoms with Crippen molar-refractivity contribution < 1.29 is 9.53 Å². The number of aromatic nitrogens is 3. The van der Waals surface area contributed by atoms with Crippen molar-refractivity contribution in [2.75, 3.05) is 12.4 Å². The molecular formula is C25H27ClN4O2S. The molecular weight excluding hydrogens is 456 g/mol. The lowest BCUT2D eigenvalue weighted by molar-refractivity contribution is -0.119. The molecule has 1 aliphatic heterocycles. The van der Waals surface area contributed by atoms with Crippen LogP contribution >= 0.6 is 23.4 Å². The Kier molecular flexibility index (Phi) is 6.99. The molecule has 1 saturated heterocycles. The van der Waals surface area contributed by atoms with Crippen LogP contribution in [-0.2, 0) is 22.5 Å². The van der Waals surface area contributed by atoms with Crippen molar-refractivity contribution in [2.24, 2.45) is 0 Å². The van der Waals surface area contributed by atoms with E-state index in [-0.39, 0.29) is 18.1 Å². The van der Waals surface area contributed by atoms with E-state index in [0.29, 0.717) is 17.3 Å². The Hall–Kier alpha value is -2.35. The fourth-order valence-corrected chi connectivity index (χ4v) is 5.52. The minimum absolute atomic E-state index is 0.0152. The number of fused-ring (bicyclic) bond motifs is 1. The fourth-order valence-electron chi connectivity index (χ4n) is 4.63. The highest BCUT2D eigenvalue weighted by Gasteiger charge is 2.24. The second-order valence-electron chi connectivity index (χ2n) is 8.56. The van der Waals surface area contributed by atoms with Gasteiger partial charge < -0.3 is 10.1 Å². The molecule has 1 aliphatic carbocycles. The number of ether oxygens (including phenoxy) is 1. The minimum atomic E-state index is 0.0152. The van der Waals surface area contributed by atoms with Gasteiger partial charge in [-0.3, -0.25) is 9.36 Å². The molecule has 2 aromatic carbocycles. The Morgan fingerprint density at radius 3 is 2.79 bits per heavy atom. The highest BCUT2D eigenvalue weighted by molar-refractivity contribution is 7.99. The van der Waals surface area contributed by atoms with E-state index >= 15 is 0 Å². The summed E-state index contributed by atoms with van der Waals surface area (Å²) in [7, 11) is 0. The summed E-state index contributed by atoms with van der Waals surface area (Å²) in [5.74, 6) is 1.08. The summed E-state index contributed by atoms with van der Waals surface area (Å²) in [5.41, 5.74) is 3.53. The second-order valence-corrected chi connectivity index (χ2v) is 9.94. The van der Waals surface area contributed by atoms with E-state index in [0.717, 1.165) is 55.3 Å². The molecule has 0 radical (unpaired) electrons. The summed E-state index contributed by atoms with van der Waals surface area (Å²) in [6, 6.07) is 16.1. The fraction of sp³-hybridized carbons (Fsp3) is 0.400. The van der Waals surface area contributed by atoms with Crippen LogP contribution in [0.2, 0.25) is 5.02 Å². The molecule has 3 aromatic rings. The average molecular weight is 483 g/mol. The van der Waals surface area contributed by atoms with E-state index in [1.165, 1.54) is 22.9 Å². The van der Waals surface area contributed by atoms with Gasteiger partial charge in [0.25, 0.3) is 0 Å². The highest BCUT2D eigenvalue weighted by atomic mass is 35.5. The van der Waals surface area contributed by atoms with Crippen molar-refractivity contribution in [1.82, 2.24) is 20.1 Å². The normalized spacial score (nSPS) is 19.9. The largest absolute Gasteiger partial charge is 0.376 e. The number of benzene rings is 2. The molecule has 1 N–H and O–H groups in total. The zero-order valence-corrected chi connectivity index (χ0v) is 19.9. The van der Waals surface area contributed by atoms with Crippen LogP contribution in [0.1, 0.15) is 42.9 Å². The van der Waals surface area contributed by atoms with Gasteiger partial charge in [0.2, 0.25) is 5.91 Å². The van der Waals surface area contributed by atoms with Gasteiger partial charge in [0, 0.05) is 17.2 Å². The Morgan fingerprint density at radius 1 is 1.12 bits per heavy atom. The maximum absolute atomic E-state index is 12.8. The molecule has 2 atom stereocenters. The lowest BCUT2D eigenvalue weighted by Gasteiger charge is -2.26. The number of carbonyl (C=O) groups excluding carboxylic acids is 1. The number of nitrogens with one attached hydrogen (secondary N) is 1. The standard InChI is InChI=1S/C25H27ClN4O2S/c26-19-12-10-18(11-13-19)24-28-29-25(30(24)15-20-7-4-14-32-20)33-16-23(31)27-22-9-3-6-17-5-1-2-8-21(17)22/h1-2,5,8,10-13,20,22H,3-4,6-7,9,14-16H2,(H,27,31)/t20-,22+/m0/s1. The van der Waals surface area contributed by atoms with Crippen LogP contribution in [0.25, 0.3) is 11.4 Å². The molecule has 172 valence electrons. The topological polar surface area (TPSA) is 69.0 Å². The van der Waals surface area contributed by atoms with Crippen molar-refractivity contribution in [3.63, 3.8) is 0 Å². The first-order valence-electron chi connectivity index (χ1n) is 11.5. The molecule has 0 saturated carbocycles. The maximum Gasteiger partial charge on any atom is 0.230 e. The molecule has 0 bridgehead atoms. The smallest absolute Gasteiger partial charge is 0.230 e. The number of nitrogens with zero attached hydrogens (tertiary/aromatic N) is 3. The number of halogens is 1. The molecule has 1 fully saturated rings.